The summed E-state index contributed by atoms with van der Waals surface area (Å²) < 4.78 is 7.14. The van der Waals surface area contributed by atoms with Crippen LogP contribution in [0.4, 0.5) is 4.79 Å². The summed E-state index contributed by atoms with van der Waals surface area (Å²) in [7, 11) is 0. The Morgan fingerprint density at radius 2 is 2.15 bits per heavy atom. The van der Waals surface area contributed by atoms with Gasteiger partial charge in [-0.25, -0.2) is 14.6 Å². The smallest absolute Gasteiger partial charge is 0.334 e. The standard InChI is InChI=1S/C12H16N4O4/c17-11(18)9-7-16(5-6-20-9)12(19)15-4-3-14-2-1-13-10(14)8-15/h1-2,9H,3-8H2,(H,17,18). The van der Waals surface area contributed by atoms with Gasteiger partial charge in [0.25, 0.3) is 0 Å². The second-order valence-corrected chi connectivity index (χ2v) is 4.88. The fourth-order valence-electron chi connectivity index (χ4n) is 2.51. The molecule has 1 saturated heterocycles. The first-order chi connectivity index (χ1) is 9.65. The highest BCUT2D eigenvalue weighted by Crippen LogP contribution is 2.14. The number of amides is 2. The number of rotatable bonds is 1. The Kier molecular flexibility index (Phi) is 3.31. The van der Waals surface area contributed by atoms with E-state index in [1.165, 1.54) is 0 Å². The molecule has 0 bridgehead atoms. The van der Waals surface area contributed by atoms with Gasteiger partial charge in [-0.05, 0) is 0 Å². The molecule has 2 aliphatic heterocycles. The highest BCUT2D eigenvalue weighted by Gasteiger charge is 2.32. The molecule has 2 amide bonds. The highest BCUT2D eigenvalue weighted by molar-refractivity contribution is 5.77. The number of aromatic nitrogens is 2. The maximum atomic E-state index is 12.4. The second-order valence-electron chi connectivity index (χ2n) is 4.88. The molecule has 20 heavy (non-hydrogen) atoms. The van der Waals surface area contributed by atoms with Crippen molar-refractivity contribution in [2.75, 3.05) is 26.2 Å². The summed E-state index contributed by atoms with van der Waals surface area (Å²) in [6, 6.07) is -0.145. The van der Waals surface area contributed by atoms with Crippen molar-refractivity contribution >= 4 is 12.0 Å². The summed E-state index contributed by atoms with van der Waals surface area (Å²) in [5, 5.41) is 8.96. The van der Waals surface area contributed by atoms with E-state index in [0.29, 0.717) is 26.2 Å². The van der Waals surface area contributed by atoms with Gasteiger partial charge < -0.3 is 24.2 Å². The van der Waals surface area contributed by atoms with Crippen molar-refractivity contribution in [1.82, 2.24) is 19.4 Å². The molecule has 108 valence electrons. The maximum absolute atomic E-state index is 12.4. The third-order valence-electron chi connectivity index (χ3n) is 3.63. The number of ether oxygens (including phenoxy) is 1. The van der Waals surface area contributed by atoms with E-state index in [2.05, 4.69) is 4.98 Å². The van der Waals surface area contributed by atoms with Crippen LogP contribution in [0.15, 0.2) is 12.4 Å². The third kappa shape index (κ3) is 2.34. The van der Waals surface area contributed by atoms with Gasteiger partial charge in [0, 0.05) is 32.0 Å². The number of aliphatic carboxylic acids is 1. The Bertz CT molecular complexity index is 529. The lowest BCUT2D eigenvalue weighted by Gasteiger charge is -2.36. The number of carboxylic acids is 1. The summed E-state index contributed by atoms with van der Waals surface area (Å²) in [5.41, 5.74) is 0. The fourth-order valence-corrected chi connectivity index (χ4v) is 2.51. The van der Waals surface area contributed by atoms with Gasteiger partial charge in [-0.3, -0.25) is 0 Å². The number of hydrogen-bond donors (Lipinski definition) is 1. The molecule has 3 rings (SSSR count). The van der Waals surface area contributed by atoms with Gasteiger partial charge in [0.2, 0.25) is 0 Å². The van der Waals surface area contributed by atoms with E-state index in [4.69, 9.17) is 9.84 Å². The Balaban J connectivity index is 1.66. The lowest BCUT2D eigenvalue weighted by molar-refractivity contribution is -0.154. The molecule has 0 aromatic carbocycles. The second kappa shape index (κ2) is 5.12. The van der Waals surface area contributed by atoms with E-state index < -0.39 is 12.1 Å². The Labute approximate surface area is 115 Å². The molecule has 1 fully saturated rings. The molecule has 3 heterocycles. The number of carbonyl (C=O) groups excluding carboxylic acids is 1. The Morgan fingerprint density at radius 1 is 1.30 bits per heavy atom. The van der Waals surface area contributed by atoms with Crippen molar-refractivity contribution in [3.8, 4) is 0 Å². The van der Waals surface area contributed by atoms with Crippen LogP contribution in [-0.2, 0) is 22.6 Å². The van der Waals surface area contributed by atoms with Gasteiger partial charge in [-0.2, -0.15) is 0 Å². The zero-order chi connectivity index (χ0) is 14.1. The maximum Gasteiger partial charge on any atom is 0.334 e. The first-order valence-electron chi connectivity index (χ1n) is 6.53. The lowest BCUT2D eigenvalue weighted by atomic mass is 10.2. The van der Waals surface area contributed by atoms with Gasteiger partial charge in [0.05, 0.1) is 19.7 Å². The summed E-state index contributed by atoms with van der Waals surface area (Å²) in [4.78, 5) is 30.8. The van der Waals surface area contributed by atoms with E-state index in [1.807, 2.05) is 10.8 Å². The molecule has 0 saturated carbocycles. The van der Waals surface area contributed by atoms with Crippen molar-refractivity contribution in [2.45, 2.75) is 19.2 Å². The van der Waals surface area contributed by atoms with Crippen LogP contribution in [0.3, 0.4) is 0 Å². The lowest BCUT2D eigenvalue weighted by Crippen LogP contribution is -2.54. The zero-order valence-corrected chi connectivity index (χ0v) is 10.9. The molecule has 0 spiro atoms. The van der Waals surface area contributed by atoms with E-state index >= 15 is 0 Å². The van der Waals surface area contributed by atoms with Crippen molar-refractivity contribution in [3.05, 3.63) is 18.2 Å². The summed E-state index contributed by atoms with van der Waals surface area (Å²) in [6.07, 6.45) is 2.68. The van der Waals surface area contributed by atoms with Crippen molar-refractivity contribution in [3.63, 3.8) is 0 Å². The molecule has 8 nitrogen and oxygen atoms in total. The van der Waals surface area contributed by atoms with E-state index in [0.717, 1.165) is 5.82 Å². The molecular weight excluding hydrogens is 264 g/mol. The SMILES string of the molecule is O=C(O)C1CN(C(=O)N2CCn3ccnc3C2)CCO1. The van der Waals surface area contributed by atoms with Gasteiger partial charge in [-0.1, -0.05) is 0 Å². The topological polar surface area (TPSA) is 87.9 Å². The minimum absolute atomic E-state index is 0.0963. The molecule has 1 aromatic heterocycles. The van der Waals surface area contributed by atoms with Crippen molar-refractivity contribution < 1.29 is 19.4 Å². The predicted octanol–water partition coefficient (Wildman–Crippen LogP) is -0.396. The quantitative estimate of drug-likeness (QED) is 0.756. The minimum atomic E-state index is -1.03. The van der Waals surface area contributed by atoms with Gasteiger partial charge in [-0.15, -0.1) is 0 Å². The zero-order valence-electron chi connectivity index (χ0n) is 10.9. The number of hydrogen-bond acceptors (Lipinski definition) is 4. The normalized spacial score (nSPS) is 22.5. The summed E-state index contributed by atoms with van der Waals surface area (Å²) >= 11 is 0. The molecule has 1 N–H and O–H groups in total. The number of morpholine rings is 1. The van der Waals surface area contributed by atoms with Crippen molar-refractivity contribution in [1.29, 1.82) is 0 Å². The molecule has 1 aromatic rings. The van der Waals surface area contributed by atoms with Crippen LogP contribution < -0.4 is 0 Å². The molecule has 2 aliphatic rings. The van der Waals surface area contributed by atoms with Crippen LogP contribution in [0.2, 0.25) is 0 Å². The molecular formula is C12H16N4O4. The first kappa shape index (κ1) is 12.9. The van der Waals surface area contributed by atoms with Crippen LogP contribution in [0.5, 0.6) is 0 Å². The van der Waals surface area contributed by atoms with Gasteiger partial charge in [0.1, 0.15) is 5.82 Å². The van der Waals surface area contributed by atoms with Crippen LogP contribution in [0.1, 0.15) is 5.82 Å². The van der Waals surface area contributed by atoms with Gasteiger partial charge >= 0.3 is 12.0 Å². The molecule has 0 radical (unpaired) electrons. The summed E-state index contributed by atoms with van der Waals surface area (Å²) in [5.74, 6) is -0.177. The number of urea groups is 1. The number of imidazole rings is 1. The third-order valence-corrected chi connectivity index (χ3v) is 3.63. The Hall–Kier alpha value is -2.09. The summed E-state index contributed by atoms with van der Waals surface area (Å²) in [6.45, 7) is 2.56. The van der Waals surface area contributed by atoms with Gasteiger partial charge in [0.15, 0.2) is 6.10 Å². The van der Waals surface area contributed by atoms with E-state index in [9.17, 15) is 9.59 Å². The first-order valence-corrected chi connectivity index (χ1v) is 6.53. The monoisotopic (exact) mass is 280 g/mol. The molecule has 1 atom stereocenters. The predicted molar refractivity (Wildman–Crippen MR) is 67.0 cm³/mol. The highest BCUT2D eigenvalue weighted by atomic mass is 16.5. The Morgan fingerprint density at radius 3 is 2.95 bits per heavy atom. The molecule has 1 unspecified atom stereocenters. The van der Waals surface area contributed by atoms with Crippen molar-refractivity contribution in [2.24, 2.45) is 0 Å². The minimum Gasteiger partial charge on any atom is -0.479 e. The number of carboxylic acid groups (broad SMARTS) is 1. The number of carbonyl (C=O) groups is 2. The molecule has 8 heteroatoms. The average molecular weight is 280 g/mol. The van der Waals surface area contributed by atoms with E-state index in [1.54, 1.807) is 16.0 Å². The average Bonchev–Trinajstić information content (AvgIpc) is 2.94. The molecule has 0 aliphatic carbocycles. The van der Waals surface area contributed by atoms with E-state index in [-0.39, 0.29) is 19.2 Å². The number of nitrogens with zero attached hydrogens (tertiary/aromatic N) is 4. The fraction of sp³-hybridized carbons (Fsp3) is 0.583. The van der Waals surface area contributed by atoms with Crippen LogP contribution in [0, 0.1) is 0 Å². The van der Waals surface area contributed by atoms with Crippen LogP contribution in [-0.4, -0.2) is 68.8 Å². The van der Waals surface area contributed by atoms with Crippen LogP contribution >= 0.6 is 0 Å². The van der Waals surface area contributed by atoms with Crippen LogP contribution in [0.25, 0.3) is 0 Å². The largest absolute Gasteiger partial charge is 0.479 e. The number of fused-ring (bicyclic) bond motifs is 1.